The smallest absolute Gasteiger partial charge is 0.271 e. The molecule has 1 aliphatic heterocycles. The summed E-state index contributed by atoms with van der Waals surface area (Å²) in [5.74, 6) is 1.61. The Morgan fingerprint density at radius 3 is 2.88 bits per heavy atom. The van der Waals surface area contributed by atoms with E-state index in [0.717, 1.165) is 0 Å². The molecule has 11 nitrogen and oxygen atoms in total. The van der Waals surface area contributed by atoms with Crippen molar-refractivity contribution in [3.63, 3.8) is 0 Å². The van der Waals surface area contributed by atoms with Crippen LogP contribution in [0, 0.1) is 6.92 Å². The lowest BCUT2D eigenvalue weighted by molar-refractivity contribution is 0.0743. The molecule has 0 aromatic carbocycles. The fourth-order valence-electron chi connectivity index (χ4n) is 2.98. The SMILES string of the molecule is Cc1nc(-c2cc3n(n2)CCN(C)C3=O)n(-c2ccc3nncn3n2)n1. The van der Waals surface area contributed by atoms with Gasteiger partial charge in [-0.25, -0.2) is 4.98 Å². The molecule has 5 heterocycles. The molecule has 11 heteroatoms. The maximum Gasteiger partial charge on any atom is 0.271 e. The first-order valence-electron chi connectivity index (χ1n) is 8.05. The Morgan fingerprint density at radius 1 is 1.12 bits per heavy atom. The Balaban J connectivity index is 1.65. The third-order valence-electron chi connectivity index (χ3n) is 4.30. The number of hydrogen-bond donors (Lipinski definition) is 0. The number of carbonyl (C=O) groups excluding carboxylic acids is 1. The van der Waals surface area contributed by atoms with Crippen molar-refractivity contribution in [2.75, 3.05) is 13.6 Å². The molecule has 5 rings (SSSR count). The topological polar surface area (TPSA) is 112 Å². The molecule has 130 valence electrons. The first-order chi connectivity index (χ1) is 12.6. The number of nitrogens with zero attached hydrogens (tertiary/aromatic N) is 10. The zero-order chi connectivity index (χ0) is 17.8. The molecular formula is C15H14N10O. The summed E-state index contributed by atoms with van der Waals surface area (Å²) in [7, 11) is 1.78. The zero-order valence-electron chi connectivity index (χ0n) is 14.1. The van der Waals surface area contributed by atoms with Crippen LogP contribution in [-0.4, -0.2) is 68.8 Å². The van der Waals surface area contributed by atoms with Crippen LogP contribution in [0.4, 0.5) is 0 Å². The summed E-state index contributed by atoms with van der Waals surface area (Å²) in [6, 6.07) is 5.33. The van der Waals surface area contributed by atoms with Crippen LogP contribution in [0.15, 0.2) is 24.5 Å². The first kappa shape index (κ1) is 14.7. The largest absolute Gasteiger partial charge is 0.339 e. The van der Waals surface area contributed by atoms with Crippen LogP contribution in [0.2, 0.25) is 0 Å². The molecule has 0 spiro atoms. The maximum absolute atomic E-state index is 12.3. The Morgan fingerprint density at radius 2 is 2.00 bits per heavy atom. The Kier molecular flexibility index (Phi) is 2.93. The highest BCUT2D eigenvalue weighted by Crippen LogP contribution is 2.22. The lowest BCUT2D eigenvalue weighted by Crippen LogP contribution is -2.37. The molecule has 0 unspecified atom stereocenters. The minimum absolute atomic E-state index is 0.0539. The molecule has 4 aromatic heterocycles. The minimum atomic E-state index is -0.0539. The van der Waals surface area contributed by atoms with Gasteiger partial charge in [0.05, 0.1) is 6.54 Å². The molecule has 0 atom stereocenters. The molecule has 1 amide bonds. The summed E-state index contributed by atoms with van der Waals surface area (Å²) in [6.07, 6.45) is 1.52. The highest BCUT2D eigenvalue weighted by atomic mass is 16.2. The van der Waals surface area contributed by atoms with Gasteiger partial charge in [0.15, 0.2) is 17.3 Å². The van der Waals surface area contributed by atoms with Crippen molar-refractivity contribution in [1.82, 2.24) is 49.3 Å². The number of amides is 1. The monoisotopic (exact) mass is 350 g/mol. The van der Waals surface area contributed by atoms with Crippen molar-refractivity contribution in [3.05, 3.63) is 36.0 Å². The van der Waals surface area contributed by atoms with Gasteiger partial charge in [-0.1, -0.05) is 0 Å². The standard InChI is InChI=1S/C15H14N10O/c1-9-17-14(10-7-11-15(26)22(2)5-6-23(11)20-10)25(19-9)13-4-3-12-18-16-8-24(12)21-13/h3-4,7-8H,5-6H2,1-2H3. The number of aromatic nitrogens is 9. The van der Waals surface area contributed by atoms with E-state index in [1.807, 2.05) is 0 Å². The quantitative estimate of drug-likeness (QED) is 0.499. The van der Waals surface area contributed by atoms with Crippen LogP contribution in [0.25, 0.3) is 23.0 Å². The van der Waals surface area contributed by atoms with E-state index >= 15 is 0 Å². The maximum atomic E-state index is 12.3. The first-order valence-corrected chi connectivity index (χ1v) is 8.05. The van der Waals surface area contributed by atoms with Gasteiger partial charge in [-0.15, -0.1) is 20.4 Å². The number of carbonyl (C=O) groups is 1. The third kappa shape index (κ3) is 2.10. The van der Waals surface area contributed by atoms with E-state index in [4.69, 9.17) is 0 Å². The van der Waals surface area contributed by atoms with Gasteiger partial charge in [0.1, 0.15) is 23.5 Å². The summed E-state index contributed by atoms with van der Waals surface area (Å²) < 4.78 is 4.88. The summed E-state index contributed by atoms with van der Waals surface area (Å²) in [6.45, 7) is 3.08. The Hall–Kier alpha value is -3.63. The number of rotatable bonds is 2. The molecule has 0 bridgehead atoms. The van der Waals surface area contributed by atoms with Gasteiger partial charge < -0.3 is 4.90 Å². The molecule has 0 saturated carbocycles. The van der Waals surface area contributed by atoms with Crippen molar-refractivity contribution >= 4 is 11.6 Å². The normalized spacial score (nSPS) is 14.2. The highest BCUT2D eigenvalue weighted by molar-refractivity contribution is 5.94. The van der Waals surface area contributed by atoms with Crippen LogP contribution in [0.5, 0.6) is 0 Å². The molecular weight excluding hydrogens is 336 g/mol. The number of hydrogen-bond acceptors (Lipinski definition) is 7. The van der Waals surface area contributed by atoms with Crippen LogP contribution >= 0.6 is 0 Å². The van der Waals surface area contributed by atoms with Crippen molar-refractivity contribution in [1.29, 1.82) is 0 Å². The van der Waals surface area contributed by atoms with Crippen LogP contribution < -0.4 is 0 Å². The minimum Gasteiger partial charge on any atom is -0.339 e. The predicted octanol–water partition coefficient (Wildman–Crippen LogP) is -0.0375. The zero-order valence-corrected chi connectivity index (χ0v) is 14.1. The molecule has 1 aliphatic rings. The molecule has 0 radical (unpaired) electrons. The summed E-state index contributed by atoms with van der Waals surface area (Å²) in [5.41, 5.74) is 1.76. The van der Waals surface area contributed by atoms with Crippen LogP contribution in [0.1, 0.15) is 16.3 Å². The Bertz CT molecular complexity index is 1150. The van der Waals surface area contributed by atoms with E-state index < -0.39 is 0 Å². The lowest BCUT2D eigenvalue weighted by atomic mass is 10.2. The average molecular weight is 350 g/mol. The van der Waals surface area contributed by atoms with E-state index in [-0.39, 0.29) is 5.91 Å². The fourth-order valence-corrected chi connectivity index (χ4v) is 2.98. The van der Waals surface area contributed by atoms with E-state index in [1.54, 1.807) is 50.9 Å². The number of aryl methyl sites for hydroxylation is 1. The summed E-state index contributed by atoms with van der Waals surface area (Å²) in [4.78, 5) is 18.5. The summed E-state index contributed by atoms with van der Waals surface area (Å²) in [5, 5.41) is 21.2. The Labute approximate surface area is 146 Å². The van der Waals surface area contributed by atoms with Gasteiger partial charge in [-0.05, 0) is 19.1 Å². The molecule has 0 saturated heterocycles. The van der Waals surface area contributed by atoms with Gasteiger partial charge >= 0.3 is 0 Å². The molecule has 4 aromatic rings. The molecule has 0 N–H and O–H groups in total. The summed E-state index contributed by atoms with van der Waals surface area (Å²) >= 11 is 0. The fraction of sp³-hybridized carbons (Fsp3) is 0.267. The van der Waals surface area contributed by atoms with Gasteiger partial charge in [-0.3, -0.25) is 9.48 Å². The van der Waals surface area contributed by atoms with Gasteiger partial charge in [0.25, 0.3) is 5.91 Å². The molecule has 26 heavy (non-hydrogen) atoms. The van der Waals surface area contributed by atoms with Crippen molar-refractivity contribution in [3.8, 4) is 17.3 Å². The van der Waals surface area contributed by atoms with Crippen molar-refractivity contribution < 1.29 is 4.79 Å². The predicted molar refractivity (Wildman–Crippen MR) is 88.6 cm³/mol. The second-order valence-corrected chi connectivity index (χ2v) is 6.08. The molecule has 0 aliphatic carbocycles. The van der Waals surface area contributed by atoms with Crippen LogP contribution in [0.3, 0.4) is 0 Å². The van der Waals surface area contributed by atoms with Crippen molar-refractivity contribution in [2.24, 2.45) is 0 Å². The van der Waals surface area contributed by atoms with Gasteiger partial charge in [0.2, 0.25) is 0 Å². The average Bonchev–Trinajstić information content (AvgIpc) is 3.34. The van der Waals surface area contributed by atoms with Gasteiger partial charge in [-0.2, -0.15) is 14.3 Å². The van der Waals surface area contributed by atoms with Crippen molar-refractivity contribution in [2.45, 2.75) is 13.5 Å². The number of fused-ring (bicyclic) bond motifs is 2. The number of likely N-dealkylation sites (N-methyl/N-ethyl adjacent to an activating group) is 1. The third-order valence-corrected chi connectivity index (χ3v) is 4.30. The van der Waals surface area contributed by atoms with Gasteiger partial charge in [0, 0.05) is 19.7 Å². The lowest BCUT2D eigenvalue weighted by Gasteiger charge is -2.22. The second kappa shape index (κ2) is 5.18. The van der Waals surface area contributed by atoms with E-state index in [2.05, 4.69) is 30.5 Å². The van der Waals surface area contributed by atoms with Crippen LogP contribution in [-0.2, 0) is 6.54 Å². The molecule has 0 fully saturated rings. The van der Waals surface area contributed by atoms with E-state index in [1.165, 1.54) is 6.33 Å². The van der Waals surface area contributed by atoms with E-state index in [9.17, 15) is 4.79 Å². The second-order valence-electron chi connectivity index (χ2n) is 6.08. The van der Waals surface area contributed by atoms with E-state index in [0.29, 0.717) is 47.6 Å². The highest BCUT2D eigenvalue weighted by Gasteiger charge is 2.26.